The molecule has 44 heavy (non-hydrogen) atoms. The third kappa shape index (κ3) is 15.1. The molecule has 0 bridgehead atoms. The third-order valence-corrected chi connectivity index (χ3v) is 7.50. The van der Waals surface area contributed by atoms with Crippen LogP contribution in [0.2, 0.25) is 0 Å². The molecule has 0 saturated carbocycles. The molecule has 1 heterocycles. The molecule has 1 fully saturated rings. The van der Waals surface area contributed by atoms with E-state index >= 15 is 0 Å². The lowest BCUT2D eigenvalue weighted by atomic mass is 10.0. The highest BCUT2D eigenvalue weighted by Gasteiger charge is 2.24. The Balaban J connectivity index is 2.13. The molecule has 1 aliphatic heterocycles. The summed E-state index contributed by atoms with van der Waals surface area (Å²) in [6.45, 7) is 8.11. The van der Waals surface area contributed by atoms with Crippen molar-refractivity contribution in [1.82, 2.24) is 30.2 Å². The molecule has 1 aliphatic rings. The molecule has 0 aliphatic carbocycles. The number of hydrogen-bond acceptors (Lipinski definition) is 10. The molecule has 0 unspecified atom stereocenters. The smallest absolute Gasteiger partial charge is 0.480 e. The highest BCUT2D eigenvalue weighted by Crippen LogP contribution is 2.37. The van der Waals surface area contributed by atoms with Gasteiger partial charge in [-0.1, -0.05) is 19.1 Å². The Bertz CT molecular complexity index is 1130. The summed E-state index contributed by atoms with van der Waals surface area (Å²) in [5.41, 5.74) is 0.630. The molecule has 0 spiro atoms. The van der Waals surface area contributed by atoms with Gasteiger partial charge in [-0.3, -0.25) is 43.7 Å². The molecule has 248 valence electrons. The first kappa shape index (κ1) is 37.1. The summed E-state index contributed by atoms with van der Waals surface area (Å²) in [6, 6.07) is 4.91. The van der Waals surface area contributed by atoms with E-state index in [1.807, 2.05) is 11.8 Å². The largest absolute Gasteiger partial charge is 0.524 e. The summed E-state index contributed by atoms with van der Waals surface area (Å²) in [5, 5.41) is 24.2. The van der Waals surface area contributed by atoms with Crippen molar-refractivity contribution in [3.05, 3.63) is 29.8 Å². The van der Waals surface area contributed by atoms with Crippen molar-refractivity contribution in [3.63, 3.8) is 0 Å². The molecule has 0 aromatic heterocycles. The van der Waals surface area contributed by atoms with Crippen LogP contribution in [0, 0.1) is 0 Å². The Morgan fingerprint density at radius 3 is 1.66 bits per heavy atom. The average Bonchev–Trinajstić information content (AvgIpc) is 2.92. The van der Waals surface area contributed by atoms with Crippen LogP contribution in [0.25, 0.3) is 0 Å². The number of carboxylic acids is 2. The van der Waals surface area contributed by atoms with Gasteiger partial charge in [0.1, 0.15) is 11.8 Å². The van der Waals surface area contributed by atoms with Gasteiger partial charge in [0.2, 0.25) is 11.8 Å². The SMILES string of the molecule is CCNC(=O)[C@@H](Cc1ccc(OP(=O)(O)O)cc1)NC(=O)CN1CCN(CC)CCN(CC(=O)O)CCN(CC(=O)O)CC1. The average molecular weight is 645 g/mol. The Hall–Kier alpha value is -3.11. The van der Waals surface area contributed by atoms with Gasteiger partial charge in [0.05, 0.1) is 19.6 Å². The monoisotopic (exact) mass is 644 g/mol. The Morgan fingerprint density at radius 1 is 0.795 bits per heavy atom. The summed E-state index contributed by atoms with van der Waals surface area (Å²) in [7, 11) is -4.72. The number of likely N-dealkylation sites (N-methyl/N-ethyl adjacent to an activating group) is 2. The number of amides is 2. The number of hydrogen-bond donors (Lipinski definition) is 6. The van der Waals surface area contributed by atoms with Gasteiger partial charge in [-0.05, 0) is 31.2 Å². The van der Waals surface area contributed by atoms with E-state index in [9.17, 15) is 34.0 Å². The van der Waals surface area contributed by atoms with Crippen LogP contribution in [0.1, 0.15) is 19.4 Å². The number of rotatable bonds is 14. The van der Waals surface area contributed by atoms with Crippen molar-refractivity contribution in [2.24, 2.45) is 0 Å². The molecule has 17 heteroatoms. The van der Waals surface area contributed by atoms with Crippen LogP contribution >= 0.6 is 7.82 Å². The maximum atomic E-state index is 13.2. The second-order valence-corrected chi connectivity index (χ2v) is 11.7. The van der Waals surface area contributed by atoms with E-state index in [4.69, 9.17) is 9.79 Å². The first-order valence-corrected chi connectivity index (χ1v) is 16.0. The van der Waals surface area contributed by atoms with E-state index in [2.05, 4.69) is 20.1 Å². The minimum atomic E-state index is -4.72. The molecule has 16 nitrogen and oxygen atoms in total. The van der Waals surface area contributed by atoms with E-state index in [0.717, 1.165) is 6.54 Å². The molecular formula is C27H45N6O10P. The van der Waals surface area contributed by atoms with Crippen molar-refractivity contribution < 1.29 is 48.3 Å². The van der Waals surface area contributed by atoms with Gasteiger partial charge in [-0.25, -0.2) is 4.57 Å². The van der Waals surface area contributed by atoms with Gasteiger partial charge < -0.3 is 30.3 Å². The van der Waals surface area contributed by atoms with E-state index in [1.165, 1.54) is 12.1 Å². The first-order chi connectivity index (χ1) is 20.8. The molecule has 2 amide bonds. The van der Waals surface area contributed by atoms with Gasteiger partial charge >= 0.3 is 19.8 Å². The van der Waals surface area contributed by atoms with E-state index in [1.54, 1.807) is 28.9 Å². The summed E-state index contributed by atoms with van der Waals surface area (Å²) in [5.74, 6) is -2.77. The highest BCUT2D eigenvalue weighted by molar-refractivity contribution is 7.46. The van der Waals surface area contributed by atoms with Gasteiger partial charge in [0.15, 0.2) is 0 Å². The molecule has 0 radical (unpaired) electrons. The maximum Gasteiger partial charge on any atom is 0.524 e. The molecule has 1 saturated heterocycles. The fourth-order valence-electron chi connectivity index (χ4n) is 4.76. The van der Waals surface area contributed by atoms with Crippen LogP contribution in [0.5, 0.6) is 5.75 Å². The van der Waals surface area contributed by atoms with Crippen LogP contribution in [0.3, 0.4) is 0 Å². The van der Waals surface area contributed by atoms with Gasteiger partial charge in [-0.15, -0.1) is 0 Å². The Morgan fingerprint density at radius 2 is 1.25 bits per heavy atom. The van der Waals surface area contributed by atoms with Crippen LogP contribution in [-0.4, -0.2) is 154 Å². The fraction of sp³-hybridized carbons (Fsp3) is 0.630. The zero-order valence-corrected chi connectivity index (χ0v) is 26.2. The van der Waals surface area contributed by atoms with E-state index in [-0.39, 0.29) is 37.7 Å². The molecule has 1 aromatic carbocycles. The predicted molar refractivity (Wildman–Crippen MR) is 160 cm³/mol. The standard InChI is InChI=1S/C27H45N6O10P/c1-3-28-27(39)23(17-21-5-7-22(8-6-21)43-44(40,41)42)29-24(34)18-31-11-9-30(4-2)10-12-32(19-25(35)36)15-16-33(14-13-31)20-26(37)38/h5-8,23H,3-4,9-20H2,1-2H3,(H,28,39)(H,29,34)(H,35,36)(H,37,38)(H2,40,41,42)/t23-/m1/s1. The number of nitrogens with zero attached hydrogens (tertiary/aromatic N) is 4. The number of carboxylic acid groups (broad SMARTS) is 2. The van der Waals surface area contributed by atoms with Gasteiger partial charge in [0.25, 0.3) is 0 Å². The van der Waals surface area contributed by atoms with Crippen molar-refractivity contribution in [3.8, 4) is 5.75 Å². The van der Waals surface area contributed by atoms with E-state index < -0.39 is 31.7 Å². The number of phosphoric acid groups is 1. The fourth-order valence-corrected chi connectivity index (χ4v) is 5.16. The predicted octanol–water partition coefficient (Wildman–Crippen LogP) is -1.27. The Kier molecular flexibility index (Phi) is 15.7. The highest BCUT2D eigenvalue weighted by atomic mass is 31.2. The zero-order valence-electron chi connectivity index (χ0n) is 25.3. The van der Waals surface area contributed by atoms with Gasteiger partial charge in [0, 0.05) is 65.3 Å². The van der Waals surface area contributed by atoms with Crippen molar-refractivity contribution in [1.29, 1.82) is 0 Å². The topological polar surface area (TPSA) is 213 Å². The number of nitrogens with one attached hydrogen (secondary N) is 2. The lowest BCUT2D eigenvalue weighted by Crippen LogP contribution is -2.52. The maximum absolute atomic E-state index is 13.2. The number of carbonyl (C=O) groups excluding carboxylic acids is 2. The number of carbonyl (C=O) groups is 4. The molecular weight excluding hydrogens is 599 g/mol. The quantitative estimate of drug-likeness (QED) is 0.130. The van der Waals surface area contributed by atoms with Crippen LogP contribution < -0.4 is 15.2 Å². The van der Waals surface area contributed by atoms with Crippen LogP contribution in [-0.2, 0) is 30.2 Å². The molecule has 1 atom stereocenters. The number of aliphatic carboxylic acids is 2. The second-order valence-electron chi connectivity index (χ2n) is 10.5. The summed E-state index contributed by atoms with van der Waals surface area (Å²) in [4.78, 5) is 74.5. The molecule has 2 rings (SSSR count). The van der Waals surface area contributed by atoms with Crippen molar-refractivity contribution >= 4 is 31.6 Å². The molecule has 1 aromatic rings. The van der Waals surface area contributed by atoms with Crippen LogP contribution in [0.15, 0.2) is 24.3 Å². The second kappa shape index (κ2) is 18.6. The van der Waals surface area contributed by atoms with Gasteiger partial charge in [-0.2, -0.15) is 0 Å². The Labute approximate surface area is 257 Å². The lowest BCUT2D eigenvalue weighted by Gasteiger charge is -2.33. The number of benzene rings is 1. The third-order valence-electron chi connectivity index (χ3n) is 7.05. The lowest BCUT2D eigenvalue weighted by molar-refractivity contribution is -0.140. The summed E-state index contributed by atoms with van der Waals surface area (Å²) in [6.07, 6.45) is 0.122. The van der Waals surface area contributed by atoms with E-state index in [0.29, 0.717) is 64.5 Å². The number of phosphoric ester groups is 1. The summed E-state index contributed by atoms with van der Waals surface area (Å²) >= 11 is 0. The first-order valence-electron chi connectivity index (χ1n) is 14.5. The summed E-state index contributed by atoms with van der Waals surface area (Å²) < 4.78 is 15.6. The van der Waals surface area contributed by atoms with Crippen molar-refractivity contribution in [2.45, 2.75) is 26.3 Å². The zero-order chi connectivity index (χ0) is 32.7. The van der Waals surface area contributed by atoms with Crippen LogP contribution in [0.4, 0.5) is 0 Å². The molecule has 6 N–H and O–H groups in total. The normalized spacial score (nSPS) is 17.5. The van der Waals surface area contributed by atoms with Crippen molar-refractivity contribution in [2.75, 3.05) is 85.1 Å². The minimum Gasteiger partial charge on any atom is -0.480 e. The minimum absolute atomic E-state index is 0.0332.